The molecule has 1 fully saturated rings. The first kappa shape index (κ1) is 16.8. The molecule has 3 aromatic rings. The molecular weight excluding hydrogens is 378 g/mol. The summed E-state index contributed by atoms with van der Waals surface area (Å²) in [4.78, 5) is 47.3. The lowest BCUT2D eigenvalue weighted by molar-refractivity contribution is -0.136. The molecule has 2 aliphatic rings. The maximum absolute atomic E-state index is 12.8. The predicted octanol–water partition coefficient (Wildman–Crippen LogP) is 2.20. The van der Waals surface area contributed by atoms with Gasteiger partial charge in [-0.15, -0.1) is 11.3 Å². The zero-order valence-electron chi connectivity index (χ0n) is 14.6. The molecule has 0 spiro atoms. The van der Waals surface area contributed by atoms with Gasteiger partial charge in [0.2, 0.25) is 11.8 Å². The summed E-state index contributed by atoms with van der Waals surface area (Å²) >= 11 is 1.54. The van der Waals surface area contributed by atoms with Crippen LogP contribution in [-0.2, 0) is 16.1 Å². The van der Waals surface area contributed by atoms with Gasteiger partial charge in [-0.3, -0.25) is 19.7 Å². The number of aromatic nitrogens is 2. The lowest BCUT2D eigenvalue weighted by atomic mass is 10.0. The van der Waals surface area contributed by atoms with E-state index in [1.807, 2.05) is 23.6 Å². The molecule has 9 heteroatoms. The Morgan fingerprint density at radius 3 is 2.93 bits per heavy atom. The van der Waals surface area contributed by atoms with Crippen molar-refractivity contribution in [3.8, 4) is 0 Å². The van der Waals surface area contributed by atoms with Crippen LogP contribution < -0.4 is 10.6 Å². The molecule has 3 amide bonds. The Labute approximate surface area is 163 Å². The Balaban J connectivity index is 1.41. The molecule has 2 N–H and O–H groups in total. The number of thiophene rings is 1. The van der Waals surface area contributed by atoms with Gasteiger partial charge in [-0.2, -0.15) is 0 Å². The first-order valence-electron chi connectivity index (χ1n) is 8.83. The Morgan fingerprint density at radius 1 is 1.18 bits per heavy atom. The molecular formula is C19H15N5O3S. The van der Waals surface area contributed by atoms with Gasteiger partial charge >= 0.3 is 0 Å². The Kier molecular flexibility index (Phi) is 3.83. The SMILES string of the molecule is O=C1CCC(N2Cc3cc(Nc4ncnc5sccc45)ccc3C2=O)C(=O)N1. The summed E-state index contributed by atoms with van der Waals surface area (Å²) < 4.78 is 0. The van der Waals surface area contributed by atoms with Crippen LogP contribution in [0.1, 0.15) is 28.8 Å². The summed E-state index contributed by atoms with van der Waals surface area (Å²) in [6.07, 6.45) is 2.11. The minimum Gasteiger partial charge on any atom is -0.340 e. The van der Waals surface area contributed by atoms with Crippen LogP contribution in [0.3, 0.4) is 0 Å². The van der Waals surface area contributed by atoms with Gasteiger partial charge in [0.25, 0.3) is 5.91 Å². The Hall–Kier alpha value is -3.33. The van der Waals surface area contributed by atoms with Crippen LogP contribution in [0.5, 0.6) is 0 Å². The number of nitrogens with zero attached hydrogens (tertiary/aromatic N) is 3. The van der Waals surface area contributed by atoms with Gasteiger partial charge in [0.05, 0.1) is 5.39 Å². The third-order valence-electron chi connectivity index (χ3n) is 5.05. The van der Waals surface area contributed by atoms with E-state index in [0.717, 1.165) is 21.5 Å². The number of fused-ring (bicyclic) bond motifs is 2. The molecule has 2 aliphatic heterocycles. The van der Waals surface area contributed by atoms with E-state index in [0.29, 0.717) is 24.3 Å². The Morgan fingerprint density at radius 2 is 2.07 bits per heavy atom. The second kappa shape index (κ2) is 6.38. The van der Waals surface area contributed by atoms with E-state index in [1.165, 1.54) is 11.2 Å². The van der Waals surface area contributed by atoms with E-state index in [1.54, 1.807) is 17.4 Å². The van der Waals surface area contributed by atoms with Crippen LogP contribution in [0.15, 0.2) is 36.0 Å². The fraction of sp³-hybridized carbons (Fsp3) is 0.211. The molecule has 8 nitrogen and oxygen atoms in total. The number of nitrogens with one attached hydrogen (secondary N) is 2. The summed E-state index contributed by atoms with van der Waals surface area (Å²) in [6.45, 7) is 0.341. The number of piperidine rings is 1. The molecule has 0 bridgehead atoms. The zero-order chi connectivity index (χ0) is 19.3. The van der Waals surface area contributed by atoms with E-state index >= 15 is 0 Å². The third-order valence-corrected chi connectivity index (χ3v) is 5.87. The molecule has 140 valence electrons. The summed E-state index contributed by atoms with van der Waals surface area (Å²) in [5.41, 5.74) is 2.23. The maximum Gasteiger partial charge on any atom is 0.255 e. The van der Waals surface area contributed by atoms with Crippen LogP contribution >= 0.6 is 11.3 Å². The maximum atomic E-state index is 12.8. The number of hydrogen-bond acceptors (Lipinski definition) is 7. The van der Waals surface area contributed by atoms with Gasteiger partial charge in [-0.25, -0.2) is 9.97 Å². The predicted molar refractivity (Wildman–Crippen MR) is 103 cm³/mol. The molecule has 1 atom stereocenters. The average Bonchev–Trinajstić information content (AvgIpc) is 3.27. The molecule has 1 saturated heterocycles. The fourth-order valence-corrected chi connectivity index (χ4v) is 4.41. The number of benzene rings is 1. The largest absolute Gasteiger partial charge is 0.340 e. The molecule has 2 aromatic heterocycles. The first-order valence-corrected chi connectivity index (χ1v) is 9.71. The molecule has 0 radical (unpaired) electrons. The first-order chi connectivity index (χ1) is 13.6. The molecule has 1 aromatic carbocycles. The summed E-state index contributed by atoms with van der Waals surface area (Å²) in [7, 11) is 0. The number of carbonyl (C=O) groups excluding carboxylic acids is 3. The minimum absolute atomic E-state index is 0.182. The molecule has 5 rings (SSSR count). The third kappa shape index (κ3) is 2.71. The Bertz CT molecular complexity index is 1140. The summed E-state index contributed by atoms with van der Waals surface area (Å²) in [6, 6.07) is 6.84. The summed E-state index contributed by atoms with van der Waals surface area (Å²) in [5, 5.41) is 8.50. The van der Waals surface area contributed by atoms with E-state index in [-0.39, 0.29) is 18.2 Å². The van der Waals surface area contributed by atoms with Crippen molar-refractivity contribution >= 4 is 50.8 Å². The molecule has 28 heavy (non-hydrogen) atoms. The lowest BCUT2D eigenvalue weighted by Gasteiger charge is -2.29. The van der Waals surface area contributed by atoms with Gasteiger partial charge < -0.3 is 10.2 Å². The number of imide groups is 1. The van der Waals surface area contributed by atoms with Crippen molar-refractivity contribution in [1.82, 2.24) is 20.2 Å². The highest BCUT2D eigenvalue weighted by molar-refractivity contribution is 7.16. The molecule has 1 unspecified atom stereocenters. The van der Waals surface area contributed by atoms with E-state index in [9.17, 15) is 14.4 Å². The van der Waals surface area contributed by atoms with E-state index in [4.69, 9.17) is 0 Å². The van der Waals surface area contributed by atoms with Crippen LogP contribution in [-0.4, -0.2) is 38.6 Å². The number of rotatable bonds is 3. The van der Waals surface area contributed by atoms with E-state index in [2.05, 4.69) is 20.6 Å². The minimum atomic E-state index is -0.610. The monoisotopic (exact) mass is 393 g/mol. The number of hydrogen-bond donors (Lipinski definition) is 2. The zero-order valence-corrected chi connectivity index (χ0v) is 15.5. The second-order valence-corrected chi connectivity index (χ2v) is 7.65. The van der Waals surface area contributed by atoms with Crippen LogP contribution in [0.25, 0.3) is 10.2 Å². The van der Waals surface area contributed by atoms with Gasteiger partial charge in [-0.05, 0) is 41.6 Å². The molecule has 4 heterocycles. The van der Waals surface area contributed by atoms with Crippen molar-refractivity contribution in [2.45, 2.75) is 25.4 Å². The van der Waals surface area contributed by atoms with Gasteiger partial charge in [0.15, 0.2) is 0 Å². The topological polar surface area (TPSA) is 104 Å². The van der Waals surface area contributed by atoms with Crippen molar-refractivity contribution < 1.29 is 14.4 Å². The van der Waals surface area contributed by atoms with Gasteiger partial charge in [0.1, 0.15) is 23.0 Å². The average molecular weight is 393 g/mol. The number of amides is 3. The highest BCUT2D eigenvalue weighted by Gasteiger charge is 2.39. The lowest BCUT2D eigenvalue weighted by Crippen LogP contribution is -2.52. The van der Waals surface area contributed by atoms with Crippen molar-refractivity contribution in [2.75, 3.05) is 5.32 Å². The highest BCUT2D eigenvalue weighted by Crippen LogP contribution is 2.31. The van der Waals surface area contributed by atoms with Crippen molar-refractivity contribution in [3.63, 3.8) is 0 Å². The second-order valence-electron chi connectivity index (χ2n) is 6.76. The quantitative estimate of drug-likeness (QED) is 0.661. The van der Waals surface area contributed by atoms with Crippen molar-refractivity contribution in [3.05, 3.63) is 47.1 Å². The van der Waals surface area contributed by atoms with Crippen LogP contribution in [0.2, 0.25) is 0 Å². The van der Waals surface area contributed by atoms with Crippen molar-refractivity contribution in [2.24, 2.45) is 0 Å². The fourth-order valence-electron chi connectivity index (χ4n) is 3.68. The van der Waals surface area contributed by atoms with Crippen LogP contribution in [0, 0.1) is 0 Å². The summed E-state index contributed by atoms with van der Waals surface area (Å²) in [5.74, 6) is -0.172. The van der Waals surface area contributed by atoms with Crippen LogP contribution in [0.4, 0.5) is 11.5 Å². The van der Waals surface area contributed by atoms with Gasteiger partial charge in [-0.1, -0.05) is 0 Å². The molecule has 0 aliphatic carbocycles. The van der Waals surface area contributed by atoms with Gasteiger partial charge in [0, 0.05) is 24.2 Å². The van der Waals surface area contributed by atoms with E-state index < -0.39 is 11.9 Å². The highest BCUT2D eigenvalue weighted by atomic mass is 32.1. The normalized spacial score (nSPS) is 19.1. The smallest absolute Gasteiger partial charge is 0.255 e. The number of anilines is 2. The standard InChI is InChI=1S/C19H15N5O3S/c25-15-4-3-14(17(26)23-15)24-8-10-7-11(1-2-12(10)19(24)27)22-16-13-5-6-28-18(13)21-9-20-16/h1-2,5-7,9,14H,3-4,8H2,(H,20,21,22)(H,23,25,26). The van der Waals surface area contributed by atoms with Crippen molar-refractivity contribution in [1.29, 1.82) is 0 Å². The number of carbonyl (C=O) groups is 3. The molecule has 0 saturated carbocycles.